The maximum absolute atomic E-state index is 11.6. The third-order valence-corrected chi connectivity index (χ3v) is 2.93. The van der Waals surface area contributed by atoms with Gasteiger partial charge in [0.05, 0.1) is 6.20 Å². The van der Waals surface area contributed by atoms with Crippen molar-refractivity contribution in [2.24, 2.45) is 0 Å². The predicted octanol–water partition coefficient (Wildman–Crippen LogP) is 1.53. The van der Waals surface area contributed by atoms with Crippen LogP contribution >= 0.6 is 0 Å². The fourth-order valence-corrected chi connectivity index (χ4v) is 1.67. The molecule has 0 bridgehead atoms. The van der Waals surface area contributed by atoms with Crippen molar-refractivity contribution in [1.29, 1.82) is 0 Å². The molecular formula is C15H17N3O4. The lowest BCUT2D eigenvalue weighted by Crippen LogP contribution is -2.36. The van der Waals surface area contributed by atoms with E-state index < -0.39 is 6.09 Å². The smallest absolute Gasteiger partial charge is 0.407 e. The predicted molar refractivity (Wildman–Crippen MR) is 77.7 cm³/mol. The van der Waals surface area contributed by atoms with Gasteiger partial charge in [0, 0.05) is 12.1 Å². The zero-order valence-electron chi connectivity index (χ0n) is 12.2. The summed E-state index contributed by atoms with van der Waals surface area (Å²) in [5.74, 6) is 0.327. The van der Waals surface area contributed by atoms with E-state index in [0.717, 1.165) is 11.1 Å². The highest BCUT2D eigenvalue weighted by Crippen LogP contribution is 2.04. The molecule has 2 N–H and O–H groups in total. The number of amides is 2. The molecule has 7 heteroatoms. The molecule has 0 atom stereocenters. The number of hydrogen-bond donors (Lipinski definition) is 2. The van der Waals surface area contributed by atoms with Gasteiger partial charge in [-0.25, -0.2) is 4.79 Å². The molecule has 2 aromatic rings. The van der Waals surface area contributed by atoms with Gasteiger partial charge in [0.2, 0.25) is 5.91 Å². The lowest BCUT2D eigenvalue weighted by molar-refractivity contribution is -0.120. The molecule has 0 unspecified atom stereocenters. The Morgan fingerprint density at radius 3 is 2.68 bits per heavy atom. The fraction of sp³-hybridized carbons (Fsp3) is 0.267. The highest BCUT2D eigenvalue weighted by Gasteiger charge is 2.08. The first-order valence-electron chi connectivity index (χ1n) is 6.76. The summed E-state index contributed by atoms with van der Waals surface area (Å²) in [6.45, 7) is 2.06. The Morgan fingerprint density at radius 2 is 2.00 bits per heavy atom. The van der Waals surface area contributed by atoms with Gasteiger partial charge in [0.25, 0.3) is 0 Å². The molecule has 0 spiro atoms. The van der Waals surface area contributed by atoms with Crippen molar-refractivity contribution in [1.82, 2.24) is 15.8 Å². The van der Waals surface area contributed by atoms with Gasteiger partial charge in [-0.05, 0) is 12.5 Å². The van der Waals surface area contributed by atoms with Crippen molar-refractivity contribution >= 4 is 12.0 Å². The third kappa shape index (κ3) is 4.93. The normalized spacial score (nSPS) is 10.0. The molecule has 7 nitrogen and oxygen atoms in total. The molecule has 2 amide bonds. The summed E-state index contributed by atoms with van der Waals surface area (Å²) < 4.78 is 9.87. The summed E-state index contributed by atoms with van der Waals surface area (Å²) in [5.41, 5.74) is 1.67. The maximum Gasteiger partial charge on any atom is 0.407 e. The highest BCUT2D eigenvalue weighted by atomic mass is 16.5. The van der Waals surface area contributed by atoms with Crippen LogP contribution in [0.4, 0.5) is 4.79 Å². The van der Waals surface area contributed by atoms with Crippen LogP contribution in [-0.2, 0) is 22.7 Å². The number of carbonyl (C=O) groups excluding carboxylic acids is 2. The second-order valence-electron chi connectivity index (χ2n) is 4.60. The van der Waals surface area contributed by atoms with E-state index in [2.05, 4.69) is 15.8 Å². The molecule has 0 aliphatic carbocycles. The molecule has 0 fully saturated rings. The quantitative estimate of drug-likeness (QED) is 0.844. The van der Waals surface area contributed by atoms with E-state index >= 15 is 0 Å². The monoisotopic (exact) mass is 303 g/mol. The third-order valence-electron chi connectivity index (χ3n) is 2.93. The Labute approximate surface area is 127 Å². The average Bonchev–Trinajstić information content (AvgIpc) is 2.95. The zero-order valence-corrected chi connectivity index (χ0v) is 12.2. The van der Waals surface area contributed by atoms with Gasteiger partial charge in [-0.15, -0.1) is 0 Å². The van der Waals surface area contributed by atoms with E-state index in [1.807, 2.05) is 30.3 Å². The minimum Gasteiger partial charge on any atom is -0.445 e. The van der Waals surface area contributed by atoms with Crippen LogP contribution in [0, 0.1) is 6.92 Å². The molecule has 1 aromatic heterocycles. The van der Waals surface area contributed by atoms with Crippen LogP contribution in [0.15, 0.2) is 41.1 Å². The molecule has 0 aliphatic rings. The van der Waals surface area contributed by atoms with Crippen LogP contribution in [0.25, 0.3) is 0 Å². The summed E-state index contributed by atoms with van der Waals surface area (Å²) >= 11 is 0. The first kappa shape index (κ1) is 15.6. The molecule has 0 saturated carbocycles. The van der Waals surface area contributed by atoms with Crippen molar-refractivity contribution in [3.8, 4) is 0 Å². The van der Waals surface area contributed by atoms with E-state index in [9.17, 15) is 9.59 Å². The minimum absolute atomic E-state index is 0.155. The van der Waals surface area contributed by atoms with Crippen LogP contribution in [0.2, 0.25) is 0 Å². The molecular weight excluding hydrogens is 286 g/mol. The van der Waals surface area contributed by atoms with Gasteiger partial charge < -0.3 is 19.9 Å². The molecule has 0 radical (unpaired) electrons. The van der Waals surface area contributed by atoms with Crippen molar-refractivity contribution in [2.75, 3.05) is 6.54 Å². The van der Waals surface area contributed by atoms with Gasteiger partial charge in [0.1, 0.15) is 18.9 Å². The van der Waals surface area contributed by atoms with Crippen LogP contribution in [0.3, 0.4) is 0 Å². The van der Waals surface area contributed by atoms with E-state index in [0.29, 0.717) is 12.3 Å². The van der Waals surface area contributed by atoms with Gasteiger partial charge in [-0.3, -0.25) is 4.79 Å². The Hall–Kier alpha value is -2.83. The summed E-state index contributed by atoms with van der Waals surface area (Å²) in [6.07, 6.45) is 0.900. The summed E-state index contributed by atoms with van der Waals surface area (Å²) in [5, 5.41) is 8.64. The number of rotatable bonds is 6. The second-order valence-corrected chi connectivity index (χ2v) is 4.60. The largest absolute Gasteiger partial charge is 0.445 e. The molecule has 116 valence electrons. The van der Waals surface area contributed by atoms with Crippen molar-refractivity contribution in [2.45, 2.75) is 20.1 Å². The minimum atomic E-state index is -0.639. The van der Waals surface area contributed by atoms with E-state index in [1.165, 1.54) is 6.20 Å². The number of nitrogens with one attached hydrogen (secondary N) is 2. The Kier molecular flexibility index (Phi) is 5.53. The maximum atomic E-state index is 11.6. The van der Waals surface area contributed by atoms with Crippen LogP contribution in [0.5, 0.6) is 0 Å². The van der Waals surface area contributed by atoms with E-state index in [4.69, 9.17) is 9.26 Å². The molecule has 1 heterocycles. The van der Waals surface area contributed by atoms with Crippen molar-refractivity contribution in [3.63, 3.8) is 0 Å². The first-order valence-corrected chi connectivity index (χ1v) is 6.76. The van der Waals surface area contributed by atoms with Crippen LogP contribution in [-0.4, -0.2) is 23.7 Å². The average molecular weight is 303 g/mol. The van der Waals surface area contributed by atoms with E-state index in [1.54, 1.807) is 6.92 Å². The number of alkyl carbamates (subject to hydrolysis) is 1. The Bertz CT molecular complexity index is 625. The summed E-state index contributed by atoms with van der Waals surface area (Å²) in [4.78, 5) is 23.1. The standard InChI is InChI=1S/C15H17N3O4/c1-11-13(8-18-22-11)7-16-14(19)9-17-15(20)21-10-12-5-3-2-4-6-12/h2-6,8H,7,9-10H2,1H3,(H,16,19)(H,17,20). The number of benzene rings is 1. The topological polar surface area (TPSA) is 93.5 Å². The molecule has 0 saturated heterocycles. The number of hydrogen-bond acceptors (Lipinski definition) is 5. The molecule has 0 aliphatic heterocycles. The SMILES string of the molecule is Cc1oncc1CNC(=O)CNC(=O)OCc1ccccc1. The lowest BCUT2D eigenvalue weighted by atomic mass is 10.2. The number of nitrogens with zero attached hydrogens (tertiary/aromatic N) is 1. The van der Waals surface area contributed by atoms with Crippen LogP contribution in [0.1, 0.15) is 16.9 Å². The Balaban J connectivity index is 1.63. The zero-order chi connectivity index (χ0) is 15.8. The number of aryl methyl sites for hydroxylation is 1. The summed E-state index contributed by atoms with van der Waals surface area (Å²) in [6, 6.07) is 9.29. The molecule has 22 heavy (non-hydrogen) atoms. The first-order chi connectivity index (χ1) is 10.6. The highest BCUT2D eigenvalue weighted by molar-refractivity contribution is 5.82. The summed E-state index contributed by atoms with van der Waals surface area (Å²) in [7, 11) is 0. The van der Waals surface area contributed by atoms with Gasteiger partial charge in [0.15, 0.2) is 0 Å². The second kappa shape index (κ2) is 7.82. The number of aromatic nitrogens is 1. The van der Waals surface area contributed by atoms with Crippen molar-refractivity contribution in [3.05, 3.63) is 53.4 Å². The van der Waals surface area contributed by atoms with Gasteiger partial charge in [-0.1, -0.05) is 35.5 Å². The molecule has 1 aromatic carbocycles. The molecule has 2 rings (SSSR count). The number of carbonyl (C=O) groups is 2. The van der Waals surface area contributed by atoms with Gasteiger partial charge >= 0.3 is 6.09 Å². The number of ether oxygens (including phenoxy) is 1. The Morgan fingerprint density at radius 1 is 1.23 bits per heavy atom. The van der Waals surface area contributed by atoms with Crippen molar-refractivity contribution < 1.29 is 18.8 Å². The van der Waals surface area contributed by atoms with Crippen LogP contribution < -0.4 is 10.6 Å². The fourth-order valence-electron chi connectivity index (χ4n) is 1.67. The lowest BCUT2D eigenvalue weighted by Gasteiger charge is -2.07. The van der Waals surface area contributed by atoms with E-state index in [-0.39, 0.29) is 19.1 Å². The van der Waals surface area contributed by atoms with Gasteiger partial charge in [-0.2, -0.15) is 0 Å².